The molecule has 5 N–H and O–H groups in total. The van der Waals surface area contributed by atoms with Crippen LogP contribution in [0.4, 0.5) is 0 Å². The Morgan fingerprint density at radius 1 is 1.03 bits per heavy atom. The fourth-order valence-electron chi connectivity index (χ4n) is 4.02. The lowest BCUT2D eigenvalue weighted by atomic mass is 10.1. The highest BCUT2D eigenvalue weighted by Gasteiger charge is 2.39. The lowest BCUT2D eigenvalue weighted by Crippen LogP contribution is -2.56. The summed E-state index contributed by atoms with van der Waals surface area (Å²) in [6.45, 7) is 2.33. The van der Waals surface area contributed by atoms with Crippen molar-refractivity contribution in [2.45, 2.75) is 31.8 Å². The molecule has 2 aromatic rings. The Balaban J connectivity index is 0.000000449. The molecule has 1 fully saturated rings. The number of rotatable bonds is 2. The average Bonchev–Trinajstić information content (AvgIpc) is 3.77. The molecule has 2 aromatic carbocycles. The number of hydrogen-bond donors (Lipinski definition) is 5. The van der Waals surface area contributed by atoms with Crippen molar-refractivity contribution in [3.05, 3.63) is 65.7 Å². The topological polar surface area (TPSA) is 140 Å². The van der Waals surface area contributed by atoms with E-state index >= 15 is 0 Å². The maximum Gasteiger partial charge on any atom is 0.245 e. The third-order valence-corrected chi connectivity index (χ3v) is 6.46. The normalized spacial score (nSPS) is 22.0. The predicted molar refractivity (Wildman–Crippen MR) is 148 cm³/mol. The Morgan fingerprint density at radius 3 is 2.41 bits per heavy atom. The van der Waals surface area contributed by atoms with E-state index in [0.29, 0.717) is 24.7 Å². The third-order valence-electron chi connectivity index (χ3n) is 6.46. The summed E-state index contributed by atoms with van der Waals surface area (Å²) in [6.07, 6.45) is 5.52. The van der Waals surface area contributed by atoms with E-state index < -0.39 is 24.6 Å². The molecule has 0 radical (unpaired) electrons. The quantitative estimate of drug-likeness (QED) is 0.387. The zero-order chi connectivity index (χ0) is 28.2. The number of nitrogens with zero attached hydrogens (tertiary/aromatic N) is 1. The van der Waals surface area contributed by atoms with Crippen LogP contribution in [0.5, 0.6) is 11.5 Å². The molecule has 0 bridgehead atoms. The number of phenols is 1. The molecule has 2 atom stereocenters. The average molecular weight is 539 g/mol. The van der Waals surface area contributed by atoms with E-state index in [4.69, 9.17) is 9.84 Å². The van der Waals surface area contributed by atoms with Gasteiger partial charge in [0.05, 0.1) is 19.2 Å². The summed E-state index contributed by atoms with van der Waals surface area (Å²) in [6, 6.07) is 13.2. The summed E-state index contributed by atoms with van der Waals surface area (Å²) >= 11 is 0. The predicted octanol–water partition coefficient (Wildman–Crippen LogP) is 1.21. The smallest absolute Gasteiger partial charge is 0.245 e. The second-order valence-corrected chi connectivity index (χ2v) is 9.56. The van der Waals surface area contributed by atoms with E-state index in [1.165, 1.54) is 17.5 Å². The molecule has 39 heavy (non-hydrogen) atoms. The van der Waals surface area contributed by atoms with Crippen LogP contribution in [0.1, 0.15) is 24.0 Å². The van der Waals surface area contributed by atoms with Crippen molar-refractivity contribution in [1.82, 2.24) is 20.9 Å². The first-order chi connectivity index (χ1) is 18.8. The number of hydrogen-bond acceptors (Lipinski definition) is 7. The number of aryl methyl sites for hydroxylation is 1. The van der Waals surface area contributed by atoms with E-state index in [0.717, 1.165) is 18.4 Å². The third kappa shape index (κ3) is 9.42. The standard InChI is InChI=1S/C22H30N4O5.C7H8O/c1-26-17(14-27)21(29)25-13-19(28)23-10-4-6-15-5-2-3-7-18(15)31-12-11-24-20(22(26)30)16-8-9-16;1-6-2-4-7(8)5-3-6/h2-7,16-17,20,24,27H,8-14H2,1H3,(H,23,28)(H,25,29);2-5,8H,1H3/b6-4+;. The zero-order valence-electron chi connectivity index (χ0n) is 22.4. The van der Waals surface area contributed by atoms with Crippen LogP contribution in [-0.2, 0) is 14.4 Å². The molecular weight excluding hydrogens is 500 g/mol. The van der Waals surface area contributed by atoms with Crippen molar-refractivity contribution in [1.29, 1.82) is 0 Å². The van der Waals surface area contributed by atoms with Crippen LogP contribution in [0.25, 0.3) is 6.08 Å². The Bertz CT molecular complexity index is 1110. The van der Waals surface area contributed by atoms with Gasteiger partial charge in [0, 0.05) is 25.7 Å². The minimum atomic E-state index is -1.06. The van der Waals surface area contributed by atoms with Gasteiger partial charge < -0.3 is 35.8 Å². The Kier molecular flexibility index (Phi) is 11.3. The molecule has 1 heterocycles. The number of amides is 3. The summed E-state index contributed by atoms with van der Waals surface area (Å²) in [5, 5.41) is 26.9. The van der Waals surface area contributed by atoms with E-state index in [1.807, 2.05) is 49.4 Å². The van der Waals surface area contributed by atoms with Gasteiger partial charge in [-0.05, 0) is 43.9 Å². The molecular formula is C29H38N4O6. The highest BCUT2D eigenvalue weighted by Crippen LogP contribution is 2.33. The van der Waals surface area contributed by atoms with Crippen molar-refractivity contribution in [3.8, 4) is 11.5 Å². The molecule has 10 heteroatoms. The molecule has 10 nitrogen and oxygen atoms in total. The summed E-state index contributed by atoms with van der Waals surface area (Å²) < 4.78 is 5.89. The number of aromatic hydroxyl groups is 1. The maximum absolute atomic E-state index is 13.0. The number of carbonyl (C=O) groups is 3. The fraction of sp³-hybridized carbons (Fsp3) is 0.414. The van der Waals surface area contributed by atoms with E-state index in [-0.39, 0.29) is 30.8 Å². The van der Waals surface area contributed by atoms with Gasteiger partial charge in [-0.25, -0.2) is 0 Å². The zero-order valence-corrected chi connectivity index (χ0v) is 22.4. The molecule has 3 amide bonds. The van der Waals surface area contributed by atoms with Crippen LogP contribution < -0.4 is 20.7 Å². The van der Waals surface area contributed by atoms with Crippen LogP contribution in [-0.4, -0.2) is 84.8 Å². The van der Waals surface area contributed by atoms with Crippen LogP contribution in [0.2, 0.25) is 0 Å². The molecule has 1 saturated carbocycles. The summed E-state index contributed by atoms with van der Waals surface area (Å²) in [7, 11) is 1.50. The molecule has 1 aliphatic heterocycles. The molecule has 4 rings (SSSR count). The molecule has 1 aliphatic carbocycles. The number of nitrogens with one attached hydrogen (secondary N) is 3. The van der Waals surface area contributed by atoms with Gasteiger partial charge in [-0.2, -0.15) is 0 Å². The highest BCUT2D eigenvalue weighted by atomic mass is 16.5. The number of aliphatic hydroxyl groups is 1. The van der Waals surface area contributed by atoms with Crippen LogP contribution in [0, 0.1) is 12.8 Å². The van der Waals surface area contributed by atoms with Crippen molar-refractivity contribution in [2.75, 3.05) is 39.9 Å². The molecule has 0 saturated heterocycles. The number of fused-ring (bicyclic) bond motifs is 1. The van der Waals surface area contributed by atoms with Crippen molar-refractivity contribution in [2.24, 2.45) is 5.92 Å². The van der Waals surface area contributed by atoms with Crippen LogP contribution >= 0.6 is 0 Å². The van der Waals surface area contributed by atoms with Gasteiger partial charge >= 0.3 is 0 Å². The molecule has 0 spiro atoms. The number of aliphatic hydroxyl groups excluding tert-OH is 1. The van der Waals surface area contributed by atoms with Gasteiger partial charge in [0.1, 0.15) is 24.1 Å². The Labute approximate surface area is 229 Å². The molecule has 0 aromatic heterocycles. The van der Waals surface area contributed by atoms with Crippen LogP contribution in [0.15, 0.2) is 54.6 Å². The largest absolute Gasteiger partial charge is 0.508 e. The number of likely N-dealkylation sites (N-methyl/N-ethyl adjacent to an activating group) is 1. The van der Waals surface area contributed by atoms with Crippen molar-refractivity contribution in [3.63, 3.8) is 0 Å². The first kappa shape index (κ1) is 29.7. The minimum absolute atomic E-state index is 0.198. The molecule has 2 aliphatic rings. The molecule has 2 unspecified atom stereocenters. The lowest BCUT2D eigenvalue weighted by Gasteiger charge is -2.30. The number of carbonyl (C=O) groups excluding carboxylic acids is 3. The highest BCUT2D eigenvalue weighted by molar-refractivity contribution is 5.92. The summed E-state index contributed by atoms with van der Waals surface area (Å²) in [5.74, 6) is 0.0426. The van der Waals surface area contributed by atoms with Gasteiger partial charge in [0.25, 0.3) is 0 Å². The Hall–Kier alpha value is -3.89. The van der Waals surface area contributed by atoms with Gasteiger partial charge in [0.2, 0.25) is 17.7 Å². The fourth-order valence-corrected chi connectivity index (χ4v) is 4.02. The van der Waals surface area contributed by atoms with E-state index in [2.05, 4.69) is 16.0 Å². The SMILES string of the molecule is CN1C(=O)C(C2CC2)NCCOc2ccccc2/C=C/CNC(=O)CNC(=O)C1CO.Cc1ccc(O)cc1. The number of phenolic OH excluding ortho intramolecular Hbond substituents is 1. The number of benzene rings is 2. The monoisotopic (exact) mass is 538 g/mol. The maximum atomic E-state index is 13.0. The second kappa shape index (κ2) is 14.9. The summed E-state index contributed by atoms with van der Waals surface area (Å²) in [5.41, 5.74) is 2.05. The second-order valence-electron chi connectivity index (χ2n) is 9.56. The first-order valence-electron chi connectivity index (χ1n) is 13.1. The Morgan fingerprint density at radius 2 is 1.74 bits per heavy atom. The van der Waals surface area contributed by atoms with Crippen molar-refractivity contribution < 1.29 is 29.3 Å². The number of para-hydroxylation sites is 1. The van der Waals surface area contributed by atoms with Gasteiger partial charge in [-0.15, -0.1) is 0 Å². The van der Waals surface area contributed by atoms with Crippen molar-refractivity contribution >= 4 is 23.8 Å². The summed E-state index contributed by atoms with van der Waals surface area (Å²) in [4.78, 5) is 38.8. The lowest BCUT2D eigenvalue weighted by molar-refractivity contribution is -0.142. The molecule has 210 valence electrons. The van der Waals surface area contributed by atoms with Gasteiger partial charge in [-0.3, -0.25) is 14.4 Å². The number of ether oxygens (including phenoxy) is 1. The van der Waals surface area contributed by atoms with E-state index in [1.54, 1.807) is 18.2 Å². The van der Waals surface area contributed by atoms with Gasteiger partial charge in [-0.1, -0.05) is 48.0 Å². The van der Waals surface area contributed by atoms with Crippen LogP contribution in [0.3, 0.4) is 0 Å². The van der Waals surface area contributed by atoms with E-state index in [9.17, 15) is 19.5 Å². The van der Waals surface area contributed by atoms with Gasteiger partial charge in [0.15, 0.2) is 0 Å². The minimum Gasteiger partial charge on any atom is -0.508 e. The first-order valence-corrected chi connectivity index (χ1v) is 13.1.